The normalized spacial score (nSPS) is 10.6. The molecule has 0 aliphatic rings. The Bertz CT molecular complexity index is 802. The molecule has 0 aromatic heterocycles. The van der Waals surface area contributed by atoms with Gasteiger partial charge in [-0.25, -0.2) is 0 Å². The van der Waals surface area contributed by atoms with Gasteiger partial charge in [0.05, 0.1) is 12.8 Å². The van der Waals surface area contributed by atoms with Crippen molar-refractivity contribution in [3.63, 3.8) is 0 Å². The van der Waals surface area contributed by atoms with Crippen LogP contribution in [0.3, 0.4) is 0 Å². The summed E-state index contributed by atoms with van der Waals surface area (Å²) < 4.78 is 6.32. The van der Waals surface area contributed by atoms with Gasteiger partial charge in [0.1, 0.15) is 5.75 Å². The molecule has 21 heavy (non-hydrogen) atoms. The van der Waals surface area contributed by atoms with Gasteiger partial charge in [-0.1, -0.05) is 28.1 Å². The number of methoxy groups -OCH3 is 1. The Morgan fingerprint density at radius 1 is 0.905 bits per heavy atom. The molecule has 0 fully saturated rings. The number of nitrogens with two attached hydrogens (primary N) is 1. The number of benzene rings is 3. The van der Waals surface area contributed by atoms with Crippen molar-refractivity contribution in [1.29, 1.82) is 0 Å². The number of ether oxygens (including phenoxy) is 1. The molecule has 4 heteroatoms. The summed E-state index contributed by atoms with van der Waals surface area (Å²) in [4.78, 5) is 0. The molecule has 106 valence electrons. The molecule has 3 aromatic rings. The topological polar surface area (TPSA) is 47.3 Å². The summed E-state index contributed by atoms with van der Waals surface area (Å²) in [6.07, 6.45) is 0. The Hall–Kier alpha value is -2.20. The van der Waals surface area contributed by atoms with Gasteiger partial charge in [0.15, 0.2) is 0 Å². The van der Waals surface area contributed by atoms with Crippen LogP contribution in [0.5, 0.6) is 5.75 Å². The van der Waals surface area contributed by atoms with E-state index in [4.69, 9.17) is 10.5 Å². The third kappa shape index (κ3) is 2.95. The molecule has 0 radical (unpaired) electrons. The quantitative estimate of drug-likeness (QED) is 0.663. The van der Waals surface area contributed by atoms with Crippen LogP contribution in [0.1, 0.15) is 0 Å². The van der Waals surface area contributed by atoms with Crippen LogP contribution >= 0.6 is 15.9 Å². The van der Waals surface area contributed by atoms with E-state index < -0.39 is 0 Å². The lowest BCUT2D eigenvalue weighted by molar-refractivity contribution is 0.417. The van der Waals surface area contributed by atoms with Crippen LogP contribution in [-0.2, 0) is 0 Å². The summed E-state index contributed by atoms with van der Waals surface area (Å²) in [6.45, 7) is 0. The predicted molar refractivity (Wildman–Crippen MR) is 92.3 cm³/mol. The fourth-order valence-electron chi connectivity index (χ4n) is 2.25. The Kier molecular flexibility index (Phi) is 3.71. The van der Waals surface area contributed by atoms with Gasteiger partial charge in [0, 0.05) is 21.9 Å². The molecule has 0 saturated carbocycles. The first kappa shape index (κ1) is 13.8. The lowest BCUT2D eigenvalue weighted by Crippen LogP contribution is -1.95. The first-order chi connectivity index (χ1) is 10.2. The third-order valence-electron chi connectivity index (χ3n) is 3.32. The standard InChI is InChI=1S/C17H15BrN2O/c1-21-17-10-15(6-7-16(17)19)20-14-5-3-11-8-13(18)4-2-12(11)9-14/h2-10,20H,19H2,1H3. The average molecular weight is 343 g/mol. The summed E-state index contributed by atoms with van der Waals surface area (Å²) >= 11 is 3.49. The SMILES string of the molecule is COc1cc(Nc2ccc3cc(Br)ccc3c2)ccc1N. The summed E-state index contributed by atoms with van der Waals surface area (Å²) in [5, 5.41) is 5.75. The van der Waals surface area contributed by atoms with Crippen molar-refractivity contribution in [2.75, 3.05) is 18.2 Å². The molecule has 0 saturated heterocycles. The minimum absolute atomic E-state index is 0.631. The highest BCUT2D eigenvalue weighted by molar-refractivity contribution is 9.10. The van der Waals surface area contributed by atoms with E-state index in [1.807, 2.05) is 24.3 Å². The van der Waals surface area contributed by atoms with E-state index in [1.165, 1.54) is 10.8 Å². The lowest BCUT2D eigenvalue weighted by Gasteiger charge is -2.11. The van der Waals surface area contributed by atoms with Gasteiger partial charge in [-0.2, -0.15) is 0 Å². The summed E-state index contributed by atoms with van der Waals surface area (Å²) in [5.74, 6) is 0.671. The minimum atomic E-state index is 0.631. The van der Waals surface area contributed by atoms with Crippen molar-refractivity contribution in [2.45, 2.75) is 0 Å². The number of nitrogens with one attached hydrogen (secondary N) is 1. The van der Waals surface area contributed by atoms with Gasteiger partial charge in [-0.3, -0.25) is 0 Å². The lowest BCUT2D eigenvalue weighted by atomic mass is 10.1. The van der Waals surface area contributed by atoms with Crippen LogP contribution in [-0.4, -0.2) is 7.11 Å². The monoisotopic (exact) mass is 342 g/mol. The Morgan fingerprint density at radius 2 is 1.57 bits per heavy atom. The molecule has 0 amide bonds. The molecule has 3 nitrogen and oxygen atoms in total. The Balaban J connectivity index is 1.92. The second kappa shape index (κ2) is 5.66. The van der Waals surface area contributed by atoms with Crippen LogP contribution in [0.15, 0.2) is 59.1 Å². The van der Waals surface area contributed by atoms with Crippen molar-refractivity contribution in [1.82, 2.24) is 0 Å². The van der Waals surface area contributed by atoms with E-state index in [0.717, 1.165) is 15.8 Å². The molecular weight excluding hydrogens is 328 g/mol. The molecule has 3 aromatic carbocycles. The second-order valence-electron chi connectivity index (χ2n) is 4.79. The smallest absolute Gasteiger partial charge is 0.143 e. The molecule has 0 unspecified atom stereocenters. The van der Waals surface area contributed by atoms with Crippen molar-refractivity contribution < 1.29 is 4.74 Å². The molecule has 0 spiro atoms. The van der Waals surface area contributed by atoms with Crippen LogP contribution in [0.4, 0.5) is 17.1 Å². The number of rotatable bonds is 3. The number of hydrogen-bond donors (Lipinski definition) is 2. The minimum Gasteiger partial charge on any atom is -0.495 e. The molecule has 0 atom stereocenters. The highest BCUT2D eigenvalue weighted by atomic mass is 79.9. The summed E-state index contributed by atoms with van der Waals surface area (Å²) in [7, 11) is 1.61. The van der Waals surface area contributed by atoms with E-state index in [1.54, 1.807) is 7.11 Å². The molecule has 3 N–H and O–H groups in total. The van der Waals surface area contributed by atoms with Crippen molar-refractivity contribution in [2.24, 2.45) is 0 Å². The first-order valence-electron chi connectivity index (χ1n) is 6.55. The Labute approximate surface area is 131 Å². The maximum absolute atomic E-state index is 5.82. The van der Waals surface area contributed by atoms with Gasteiger partial charge in [0.2, 0.25) is 0 Å². The Morgan fingerprint density at radius 3 is 2.38 bits per heavy atom. The number of halogens is 1. The first-order valence-corrected chi connectivity index (χ1v) is 7.35. The molecule has 0 aliphatic heterocycles. The van der Waals surface area contributed by atoms with E-state index in [-0.39, 0.29) is 0 Å². The fraction of sp³-hybridized carbons (Fsp3) is 0.0588. The third-order valence-corrected chi connectivity index (χ3v) is 3.82. The highest BCUT2D eigenvalue weighted by Crippen LogP contribution is 2.29. The zero-order valence-electron chi connectivity index (χ0n) is 11.6. The van der Waals surface area contributed by atoms with Crippen LogP contribution in [0, 0.1) is 0 Å². The van der Waals surface area contributed by atoms with Crippen molar-refractivity contribution >= 4 is 43.8 Å². The highest BCUT2D eigenvalue weighted by Gasteiger charge is 2.02. The second-order valence-corrected chi connectivity index (χ2v) is 5.70. The maximum atomic E-state index is 5.82. The van der Waals surface area contributed by atoms with Crippen LogP contribution < -0.4 is 15.8 Å². The van der Waals surface area contributed by atoms with Gasteiger partial charge in [-0.15, -0.1) is 0 Å². The average Bonchev–Trinajstić information content (AvgIpc) is 2.49. The molecule has 3 rings (SSSR count). The van der Waals surface area contributed by atoms with E-state index in [0.29, 0.717) is 11.4 Å². The number of anilines is 3. The zero-order chi connectivity index (χ0) is 14.8. The van der Waals surface area contributed by atoms with Crippen molar-refractivity contribution in [3.8, 4) is 5.75 Å². The van der Waals surface area contributed by atoms with E-state index in [2.05, 4.69) is 51.6 Å². The van der Waals surface area contributed by atoms with Gasteiger partial charge in [0.25, 0.3) is 0 Å². The largest absolute Gasteiger partial charge is 0.495 e. The fourth-order valence-corrected chi connectivity index (χ4v) is 2.63. The summed E-state index contributed by atoms with van der Waals surface area (Å²) in [5.41, 5.74) is 8.42. The van der Waals surface area contributed by atoms with Gasteiger partial charge in [-0.05, 0) is 47.2 Å². The van der Waals surface area contributed by atoms with E-state index in [9.17, 15) is 0 Å². The molecule has 0 bridgehead atoms. The number of nitrogen functional groups attached to an aromatic ring is 1. The van der Waals surface area contributed by atoms with Crippen molar-refractivity contribution in [3.05, 3.63) is 59.1 Å². The number of fused-ring (bicyclic) bond motifs is 1. The predicted octanol–water partition coefficient (Wildman–Crippen LogP) is 4.94. The number of hydrogen-bond acceptors (Lipinski definition) is 3. The van der Waals surface area contributed by atoms with Gasteiger partial charge < -0.3 is 15.8 Å². The summed E-state index contributed by atoms with van der Waals surface area (Å²) in [6, 6.07) is 18.2. The van der Waals surface area contributed by atoms with Gasteiger partial charge >= 0.3 is 0 Å². The molecule has 0 heterocycles. The zero-order valence-corrected chi connectivity index (χ0v) is 13.1. The molecule has 0 aliphatic carbocycles. The van der Waals surface area contributed by atoms with E-state index >= 15 is 0 Å². The maximum Gasteiger partial charge on any atom is 0.143 e. The van der Waals surface area contributed by atoms with Crippen LogP contribution in [0.25, 0.3) is 10.8 Å². The van der Waals surface area contributed by atoms with Crippen LogP contribution in [0.2, 0.25) is 0 Å². The molecular formula is C17H15BrN2O.